The van der Waals surface area contributed by atoms with Crippen LogP contribution in [-0.4, -0.2) is 70.1 Å². The van der Waals surface area contributed by atoms with Crippen LogP contribution in [0.2, 0.25) is 0 Å². The van der Waals surface area contributed by atoms with Crippen molar-refractivity contribution in [3.63, 3.8) is 0 Å². The van der Waals surface area contributed by atoms with Crippen LogP contribution in [0.1, 0.15) is 167 Å². The maximum absolute atomic E-state index is 10.5. The Kier molecular flexibility index (Phi) is 16.1. The third-order valence-electron chi connectivity index (χ3n) is 13.9. The van der Waals surface area contributed by atoms with Crippen LogP contribution in [0.25, 0.3) is 10.6 Å². The molecule has 7 rings (SSSR count). The molecule has 0 aromatic carbocycles. The van der Waals surface area contributed by atoms with E-state index in [1.54, 1.807) is 0 Å². The van der Waals surface area contributed by atoms with Gasteiger partial charge in [-0.25, -0.2) is 0 Å². The molecular formula is C41H71N3O2Zn. The number of piperidine rings is 2. The molecule has 2 aliphatic heterocycles. The normalized spacial score (nSPS) is 41.7. The van der Waals surface area contributed by atoms with Crippen molar-refractivity contribution in [3.05, 3.63) is 22.8 Å². The molecule has 6 heteroatoms. The second kappa shape index (κ2) is 19.7. The molecule has 264 valence electrons. The largest absolute Gasteiger partial charge is 2.00 e. The maximum atomic E-state index is 10.5. The first kappa shape index (κ1) is 38.4. The van der Waals surface area contributed by atoms with Crippen LogP contribution in [0.5, 0.6) is 0 Å². The van der Waals surface area contributed by atoms with E-state index in [-0.39, 0.29) is 37.7 Å². The molecule has 2 saturated heterocycles. The predicted molar refractivity (Wildman–Crippen MR) is 192 cm³/mol. The quantitative estimate of drug-likeness (QED) is 0.205. The molecule has 7 fully saturated rings. The summed E-state index contributed by atoms with van der Waals surface area (Å²) in [6.07, 6.45) is 38.2. The number of rotatable bonds is 7. The van der Waals surface area contributed by atoms with Crippen LogP contribution in [0.3, 0.4) is 0 Å². The van der Waals surface area contributed by atoms with E-state index in [2.05, 4.69) is 29.3 Å². The monoisotopic (exact) mass is 701 g/mol. The zero-order valence-electron chi connectivity index (χ0n) is 30.4. The minimum atomic E-state index is -0.178. The fourth-order valence-corrected chi connectivity index (χ4v) is 11.3. The third-order valence-corrected chi connectivity index (χ3v) is 13.9. The molecule has 0 radical (unpaired) electrons. The smallest absolute Gasteiger partial charge is 0.657 e. The summed E-state index contributed by atoms with van der Waals surface area (Å²) in [7, 11) is 0. The van der Waals surface area contributed by atoms with Crippen LogP contribution >= 0.6 is 0 Å². The van der Waals surface area contributed by atoms with Crippen molar-refractivity contribution in [2.45, 2.75) is 216 Å². The summed E-state index contributed by atoms with van der Waals surface area (Å²) in [6.45, 7) is 3.35. The minimum absolute atomic E-state index is 0. The van der Waals surface area contributed by atoms with Gasteiger partial charge in [-0.15, -0.1) is 30.7 Å². The number of aliphatic hydroxyl groups is 2. The van der Waals surface area contributed by atoms with E-state index in [4.69, 9.17) is 5.32 Å². The van der Waals surface area contributed by atoms with E-state index in [9.17, 15) is 10.2 Å². The van der Waals surface area contributed by atoms with Gasteiger partial charge in [0, 0.05) is 30.3 Å². The number of hydrogen-bond donors (Lipinski definition) is 2. The Morgan fingerprint density at radius 3 is 1.83 bits per heavy atom. The average molecular weight is 703 g/mol. The predicted octanol–water partition coefficient (Wildman–Crippen LogP) is 9.84. The SMILES string of the molecule is CCCC1CCC(N(C2CCCCC2)C2CCC(/C=C/C3CCC4CCCC(O)C4[N-]3)CC2)CC1.OC1CCCC2CCC[N-]C12.[Zn+2]. The fraction of sp³-hybridized carbons (Fsp3) is 0.951. The Morgan fingerprint density at radius 1 is 0.574 bits per heavy atom. The summed E-state index contributed by atoms with van der Waals surface area (Å²) in [5, 5.41) is 29.7. The molecule has 0 bridgehead atoms. The molecule has 2 N–H and O–H groups in total. The maximum Gasteiger partial charge on any atom is 2.00 e. The second-order valence-electron chi connectivity index (χ2n) is 17.0. The summed E-state index contributed by atoms with van der Waals surface area (Å²) in [4.78, 5) is 3.13. The van der Waals surface area contributed by atoms with E-state index >= 15 is 0 Å². The molecule has 0 spiro atoms. The fourth-order valence-electron chi connectivity index (χ4n) is 11.3. The van der Waals surface area contributed by atoms with Gasteiger partial charge in [0.15, 0.2) is 0 Å². The van der Waals surface area contributed by atoms with Crippen LogP contribution in [0.15, 0.2) is 12.2 Å². The summed E-state index contributed by atoms with van der Waals surface area (Å²) in [5.74, 6) is 3.14. The Labute approximate surface area is 302 Å². The molecule has 0 aromatic rings. The van der Waals surface area contributed by atoms with Crippen molar-refractivity contribution in [1.82, 2.24) is 4.90 Å². The minimum Gasteiger partial charge on any atom is -0.657 e. The first-order valence-electron chi connectivity index (χ1n) is 20.8. The molecule has 7 unspecified atom stereocenters. The van der Waals surface area contributed by atoms with E-state index < -0.39 is 0 Å². The van der Waals surface area contributed by atoms with Gasteiger partial charge in [0.05, 0.1) is 0 Å². The van der Waals surface area contributed by atoms with Gasteiger partial charge in [0.2, 0.25) is 0 Å². The number of hydrogen-bond acceptors (Lipinski definition) is 3. The molecule has 5 nitrogen and oxygen atoms in total. The number of nitrogens with zero attached hydrogens (tertiary/aromatic N) is 3. The van der Waals surface area contributed by atoms with Crippen LogP contribution < -0.4 is 0 Å². The van der Waals surface area contributed by atoms with E-state index in [1.165, 1.54) is 148 Å². The molecule has 0 amide bonds. The molecule has 5 aliphatic carbocycles. The van der Waals surface area contributed by atoms with Gasteiger partial charge in [-0.1, -0.05) is 108 Å². The van der Waals surface area contributed by atoms with Gasteiger partial charge in [-0.3, -0.25) is 4.90 Å². The summed E-state index contributed by atoms with van der Waals surface area (Å²) in [5.41, 5.74) is 0. The average Bonchev–Trinajstić information content (AvgIpc) is 3.10. The van der Waals surface area contributed by atoms with Gasteiger partial charge in [0.1, 0.15) is 0 Å². The molecule has 2 heterocycles. The van der Waals surface area contributed by atoms with Crippen molar-refractivity contribution in [1.29, 1.82) is 0 Å². The second-order valence-corrected chi connectivity index (χ2v) is 17.0. The standard InChI is InChI=1S/C32H55N2O.C9H16NO.Zn/c1-2-7-24-13-20-29(21-14-24)34(28-9-4-3-5-10-28)30-22-15-25(16-23-30)12-18-27-19-17-26-8-6-11-31(35)32(26)33-27;11-8-5-1-3-7-4-2-6-10-9(7)8;/h12,18,24-32,35H,2-11,13-17,19-23H2,1H3;7-9,11H,1-6H2;/q2*-1;+2/b18-12+;;. The first-order chi connectivity index (χ1) is 22.6. The van der Waals surface area contributed by atoms with E-state index in [0.29, 0.717) is 23.9 Å². The zero-order valence-corrected chi connectivity index (χ0v) is 33.4. The van der Waals surface area contributed by atoms with Crippen molar-refractivity contribution < 1.29 is 29.7 Å². The molecular weight excluding hydrogens is 632 g/mol. The Bertz CT molecular complexity index is 895. The Morgan fingerprint density at radius 2 is 1.17 bits per heavy atom. The topological polar surface area (TPSA) is 71.9 Å². The van der Waals surface area contributed by atoms with E-state index in [1.807, 2.05) is 0 Å². The summed E-state index contributed by atoms with van der Waals surface area (Å²) in [6, 6.07) is 3.48. The number of aliphatic hydroxyl groups excluding tert-OH is 2. The Hall–Kier alpha value is 0.163. The molecule has 5 saturated carbocycles. The van der Waals surface area contributed by atoms with Crippen molar-refractivity contribution in [2.75, 3.05) is 6.54 Å². The van der Waals surface area contributed by atoms with Crippen LogP contribution in [0, 0.1) is 23.7 Å². The molecule has 0 aromatic heterocycles. The molecule has 7 aliphatic rings. The van der Waals surface area contributed by atoms with Gasteiger partial charge < -0.3 is 20.8 Å². The zero-order chi connectivity index (χ0) is 31.7. The summed E-state index contributed by atoms with van der Waals surface area (Å²) < 4.78 is 0. The van der Waals surface area contributed by atoms with Crippen molar-refractivity contribution >= 4 is 0 Å². The van der Waals surface area contributed by atoms with E-state index in [0.717, 1.165) is 49.3 Å². The Balaban J connectivity index is 0.000000305. The van der Waals surface area contributed by atoms with Crippen molar-refractivity contribution in [2.24, 2.45) is 23.7 Å². The van der Waals surface area contributed by atoms with Gasteiger partial charge in [-0.2, -0.15) is 0 Å². The molecule has 7 atom stereocenters. The van der Waals surface area contributed by atoms with Gasteiger partial charge in [-0.05, 0) is 88.9 Å². The van der Waals surface area contributed by atoms with Gasteiger partial charge in [0.25, 0.3) is 0 Å². The number of fused-ring (bicyclic) bond motifs is 2. The van der Waals surface area contributed by atoms with Crippen LogP contribution in [-0.2, 0) is 19.5 Å². The van der Waals surface area contributed by atoms with Gasteiger partial charge >= 0.3 is 19.5 Å². The first-order valence-corrected chi connectivity index (χ1v) is 20.8. The summed E-state index contributed by atoms with van der Waals surface area (Å²) >= 11 is 0. The van der Waals surface area contributed by atoms with Crippen molar-refractivity contribution in [3.8, 4) is 0 Å². The number of allylic oxidation sites excluding steroid dienone is 1. The van der Waals surface area contributed by atoms with Crippen LogP contribution in [0.4, 0.5) is 0 Å². The third kappa shape index (κ3) is 10.6. The molecule has 47 heavy (non-hydrogen) atoms.